The third-order valence-electron chi connectivity index (χ3n) is 3.62. The van der Waals surface area contributed by atoms with Gasteiger partial charge in [-0.25, -0.2) is 0 Å². The Balaban J connectivity index is 1.92. The van der Waals surface area contributed by atoms with Crippen LogP contribution in [0.15, 0.2) is 18.2 Å². The molecule has 2 atom stereocenters. The smallest absolute Gasteiger partial charge is 0.233 e. The number of carbonyl (C=O) groups excluding carboxylic acids is 3. The summed E-state index contributed by atoms with van der Waals surface area (Å²) >= 11 is 0. The van der Waals surface area contributed by atoms with Gasteiger partial charge >= 0.3 is 0 Å². The van der Waals surface area contributed by atoms with Crippen LogP contribution >= 0.6 is 0 Å². The molecule has 0 radical (unpaired) electrons. The third-order valence-corrected chi connectivity index (χ3v) is 3.62. The summed E-state index contributed by atoms with van der Waals surface area (Å²) in [6.07, 6.45) is 0.733. The number of rotatable bonds is 2. The predicted molar refractivity (Wildman–Crippen MR) is 69.9 cm³/mol. The van der Waals surface area contributed by atoms with E-state index in [4.69, 9.17) is 0 Å². The second-order valence-electron chi connectivity index (χ2n) is 5.22. The molecule has 1 fully saturated rings. The number of benzene rings is 1. The van der Waals surface area contributed by atoms with Crippen molar-refractivity contribution in [3.63, 3.8) is 0 Å². The molecule has 19 heavy (non-hydrogen) atoms. The molecule has 2 unspecified atom stereocenters. The summed E-state index contributed by atoms with van der Waals surface area (Å²) in [5.41, 5.74) is 1.62. The zero-order valence-electron chi connectivity index (χ0n) is 10.5. The van der Waals surface area contributed by atoms with Crippen molar-refractivity contribution in [3.8, 4) is 0 Å². The van der Waals surface area contributed by atoms with Gasteiger partial charge in [-0.2, -0.15) is 0 Å². The van der Waals surface area contributed by atoms with Crippen LogP contribution in [0.1, 0.15) is 30.1 Å². The summed E-state index contributed by atoms with van der Waals surface area (Å²) in [5, 5.41) is 5.28. The molecule has 0 aromatic heterocycles. The Bertz CT molecular complexity index is 594. The van der Waals surface area contributed by atoms with E-state index in [1.165, 1.54) is 0 Å². The van der Waals surface area contributed by atoms with Crippen LogP contribution in [0.25, 0.3) is 0 Å². The van der Waals surface area contributed by atoms with E-state index in [0.29, 0.717) is 22.9 Å². The van der Waals surface area contributed by atoms with E-state index in [2.05, 4.69) is 10.6 Å². The molecule has 0 spiro atoms. The molecule has 5 heteroatoms. The molecule has 1 aliphatic carbocycles. The Hall–Kier alpha value is -2.17. The minimum absolute atomic E-state index is 0.106. The summed E-state index contributed by atoms with van der Waals surface area (Å²) in [6, 6.07) is 5.01. The van der Waals surface area contributed by atoms with Gasteiger partial charge in [-0.3, -0.25) is 14.4 Å². The number of anilines is 2. The highest BCUT2D eigenvalue weighted by Gasteiger charge is 2.39. The Morgan fingerprint density at radius 1 is 1.16 bits per heavy atom. The fourth-order valence-corrected chi connectivity index (χ4v) is 2.35. The summed E-state index contributed by atoms with van der Waals surface area (Å²) in [4.78, 5) is 35.0. The normalized spacial score (nSPS) is 24.9. The number of ketones is 1. The summed E-state index contributed by atoms with van der Waals surface area (Å²) in [7, 11) is 0. The van der Waals surface area contributed by atoms with Gasteiger partial charge in [0.05, 0.1) is 11.4 Å². The number of carbonyl (C=O) groups is 3. The maximum Gasteiger partial charge on any atom is 0.233 e. The largest absolute Gasteiger partial charge is 0.324 e. The van der Waals surface area contributed by atoms with Crippen molar-refractivity contribution in [1.29, 1.82) is 0 Å². The van der Waals surface area contributed by atoms with E-state index < -0.39 is 0 Å². The van der Waals surface area contributed by atoms with Crippen molar-refractivity contribution in [1.82, 2.24) is 0 Å². The molecule has 1 heterocycles. The fraction of sp³-hybridized carbons (Fsp3) is 0.357. The molecular formula is C14H14N2O3. The Labute approximate surface area is 110 Å². The van der Waals surface area contributed by atoms with Gasteiger partial charge in [0.1, 0.15) is 6.42 Å². The lowest BCUT2D eigenvalue weighted by Crippen LogP contribution is -2.16. The highest BCUT2D eigenvalue weighted by atomic mass is 16.2. The fourth-order valence-electron chi connectivity index (χ4n) is 2.35. The Morgan fingerprint density at radius 2 is 1.79 bits per heavy atom. The molecular weight excluding hydrogens is 244 g/mol. The monoisotopic (exact) mass is 258 g/mol. The second kappa shape index (κ2) is 4.19. The van der Waals surface area contributed by atoms with Crippen LogP contribution in [0.4, 0.5) is 11.4 Å². The number of Topliss-reactive ketones (excluding diaryl/α,β-unsaturated/α-hetero) is 1. The summed E-state index contributed by atoms with van der Waals surface area (Å²) in [5.74, 6) is -0.0402. The van der Waals surface area contributed by atoms with Crippen molar-refractivity contribution < 1.29 is 14.4 Å². The van der Waals surface area contributed by atoms with Crippen LogP contribution in [-0.2, 0) is 9.59 Å². The van der Waals surface area contributed by atoms with Gasteiger partial charge < -0.3 is 10.6 Å². The minimum atomic E-state index is -0.361. The molecule has 2 amide bonds. The lowest BCUT2D eigenvalue weighted by atomic mass is 10.0. The molecule has 1 saturated carbocycles. The van der Waals surface area contributed by atoms with E-state index >= 15 is 0 Å². The number of amides is 2. The quantitative estimate of drug-likeness (QED) is 0.627. The van der Waals surface area contributed by atoms with Gasteiger partial charge in [0.15, 0.2) is 5.78 Å². The van der Waals surface area contributed by atoms with Crippen LogP contribution in [-0.4, -0.2) is 17.6 Å². The van der Waals surface area contributed by atoms with Crippen LogP contribution < -0.4 is 10.6 Å². The topological polar surface area (TPSA) is 75.3 Å². The average Bonchev–Trinajstić information content (AvgIpc) is 3.08. The van der Waals surface area contributed by atoms with Gasteiger partial charge in [-0.1, -0.05) is 6.92 Å². The molecule has 0 saturated heterocycles. The molecule has 5 nitrogen and oxygen atoms in total. The zero-order valence-corrected chi connectivity index (χ0v) is 10.5. The van der Waals surface area contributed by atoms with E-state index in [1.807, 2.05) is 6.92 Å². The van der Waals surface area contributed by atoms with Crippen LogP contribution in [0, 0.1) is 11.8 Å². The summed E-state index contributed by atoms with van der Waals surface area (Å²) in [6.45, 7) is 2.05. The first-order valence-corrected chi connectivity index (χ1v) is 6.32. The number of hydrogen-bond acceptors (Lipinski definition) is 3. The van der Waals surface area contributed by atoms with Crippen molar-refractivity contribution in [3.05, 3.63) is 23.8 Å². The molecule has 1 aliphatic heterocycles. The molecule has 1 aromatic carbocycles. The van der Waals surface area contributed by atoms with Crippen molar-refractivity contribution >= 4 is 29.0 Å². The van der Waals surface area contributed by atoms with Gasteiger partial charge in [0, 0.05) is 11.5 Å². The Morgan fingerprint density at radius 3 is 2.42 bits per heavy atom. The van der Waals surface area contributed by atoms with Gasteiger partial charge in [0.2, 0.25) is 11.8 Å². The highest BCUT2D eigenvalue weighted by molar-refractivity contribution is 6.14. The zero-order chi connectivity index (χ0) is 13.6. The van der Waals surface area contributed by atoms with Gasteiger partial charge in [-0.15, -0.1) is 0 Å². The standard InChI is InChI=1S/C14H14N2O3/c1-7-4-9(7)14(19)8-2-3-10-11(5-8)16-13(18)6-12(17)15-10/h2-3,5,7,9H,4,6H2,1H3,(H,15,17)(H,16,18). The lowest BCUT2D eigenvalue weighted by molar-refractivity contribution is -0.123. The van der Waals surface area contributed by atoms with Crippen LogP contribution in [0.3, 0.4) is 0 Å². The predicted octanol–water partition coefficient (Wildman–Crippen LogP) is 1.81. The maximum atomic E-state index is 12.1. The maximum absolute atomic E-state index is 12.1. The first-order chi connectivity index (χ1) is 9.04. The molecule has 98 valence electrons. The second-order valence-corrected chi connectivity index (χ2v) is 5.22. The molecule has 2 aliphatic rings. The van der Waals surface area contributed by atoms with Crippen LogP contribution in [0.5, 0.6) is 0 Å². The van der Waals surface area contributed by atoms with Gasteiger partial charge in [0.25, 0.3) is 0 Å². The first-order valence-electron chi connectivity index (χ1n) is 6.32. The molecule has 1 aromatic rings. The van der Waals surface area contributed by atoms with E-state index in [1.54, 1.807) is 18.2 Å². The average molecular weight is 258 g/mol. The minimum Gasteiger partial charge on any atom is -0.324 e. The number of hydrogen-bond donors (Lipinski definition) is 2. The van der Waals surface area contributed by atoms with Crippen molar-refractivity contribution in [2.24, 2.45) is 11.8 Å². The van der Waals surface area contributed by atoms with Gasteiger partial charge in [-0.05, 0) is 30.5 Å². The highest BCUT2D eigenvalue weighted by Crippen LogP contribution is 2.41. The first kappa shape index (κ1) is 11.9. The Kier molecular flexibility index (Phi) is 2.62. The number of nitrogens with one attached hydrogen (secondary N) is 2. The lowest BCUT2D eigenvalue weighted by Gasteiger charge is -2.09. The molecule has 2 N–H and O–H groups in total. The molecule has 3 rings (SSSR count). The van der Waals surface area contributed by atoms with E-state index in [0.717, 1.165) is 6.42 Å². The molecule has 0 bridgehead atoms. The van der Waals surface area contributed by atoms with E-state index in [9.17, 15) is 14.4 Å². The van der Waals surface area contributed by atoms with Crippen molar-refractivity contribution in [2.75, 3.05) is 10.6 Å². The SMILES string of the molecule is CC1CC1C(=O)c1ccc2c(c1)NC(=O)CC(=O)N2. The third kappa shape index (κ3) is 2.23. The van der Waals surface area contributed by atoms with E-state index in [-0.39, 0.29) is 29.9 Å². The van der Waals surface area contributed by atoms with Crippen LogP contribution in [0.2, 0.25) is 0 Å². The van der Waals surface area contributed by atoms with Crippen molar-refractivity contribution in [2.45, 2.75) is 19.8 Å². The number of fused-ring (bicyclic) bond motifs is 1. The summed E-state index contributed by atoms with van der Waals surface area (Å²) < 4.78 is 0.